The smallest absolute Gasteiger partial charge is 0.320 e. The minimum Gasteiger partial charge on any atom is -0.480 e. The monoisotopic (exact) mass is 291 g/mol. The van der Waals surface area contributed by atoms with Crippen molar-refractivity contribution in [1.29, 1.82) is 0 Å². The van der Waals surface area contributed by atoms with Crippen molar-refractivity contribution < 1.29 is 19.8 Å². The Labute approximate surface area is 118 Å². The van der Waals surface area contributed by atoms with Crippen LogP contribution in [0.3, 0.4) is 0 Å². The third-order valence-corrected chi connectivity index (χ3v) is 2.40. The summed E-state index contributed by atoms with van der Waals surface area (Å²) in [6, 6.07) is -0.950. The summed E-state index contributed by atoms with van der Waals surface area (Å²) < 4.78 is 0. The van der Waals surface area contributed by atoms with Crippen LogP contribution in [0.2, 0.25) is 0 Å². The summed E-state index contributed by atoms with van der Waals surface area (Å²) in [5.74, 6) is -1.63. The molecule has 9 heteroatoms. The number of nitrogens with one attached hydrogen (secondary N) is 2. The average molecular weight is 291 g/mol. The van der Waals surface area contributed by atoms with Gasteiger partial charge in [0.25, 0.3) is 0 Å². The SMILES string of the molecule is CN[C@@H](C)C(=O)O.CN[C@@H](CCCN=C(N)N)C(=O)O. The molecular weight excluding hydrogens is 266 g/mol. The summed E-state index contributed by atoms with van der Waals surface area (Å²) in [6.07, 6.45) is 1.16. The molecule has 20 heavy (non-hydrogen) atoms. The molecule has 0 saturated carbocycles. The van der Waals surface area contributed by atoms with Crippen LogP contribution in [0.25, 0.3) is 0 Å². The number of guanidine groups is 1. The first-order valence-corrected chi connectivity index (χ1v) is 6.11. The molecule has 2 atom stereocenters. The molecule has 0 bridgehead atoms. The van der Waals surface area contributed by atoms with Crippen molar-refractivity contribution in [2.75, 3.05) is 20.6 Å². The van der Waals surface area contributed by atoms with Crippen LogP contribution in [0, 0.1) is 0 Å². The van der Waals surface area contributed by atoms with Crippen molar-refractivity contribution in [3.8, 4) is 0 Å². The van der Waals surface area contributed by atoms with Gasteiger partial charge in [0, 0.05) is 6.54 Å². The molecule has 0 aliphatic carbocycles. The highest BCUT2D eigenvalue weighted by Gasteiger charge is 2.13. The zero-order valence-corrected chi connectivity index (χ0v) is 12.1. The predicted octanol–water partition coefficient (Wildman–Crippen LogP) is -1.61. The van der Waals surface area contributed by atoms with Gasteiger partial charge in [-0.25, -0.2) is 0 Å². The highest BCUT2D eigenvalue weighted by atomic mass is 16.4. The van der Waals surface area contributed by atoms with Gasteiger partial charge in [-0.3, -0.25) is 14.6 Å². The number of aliphatic imine (C=N–C) groups is 1. The molecule has 0 amide bonds. The van der Waals surface area contributed by atoms with E-state index in [-0.39, 0.29) is 5.96 Å². The zero-order valence-electron chi connectivity index (χ0n) is 12.1. The summed E-state index contributed by atoms with van der Waals surface area (Å²) >= 11 is 0. The topological polar surface area (TPSA) is 163 Å². The first-order valence-electron chi connectivity index (χ1n) is 6.11. The number of likely N-dealkylation sites (N-methyl/N-ethyl adjacent to an activating group) is 2. The highest BCUT2D eigenvalue weighted by Crippen LogP contribution is 1.97. The van der Waals surface area contributed by atoms with E-state index in [1.165, 1.54) is 0 Å². The van der Waals surface area contributed by atoms with Crippen LogP contribution in [0.5, 0.6) is 0 Å². The molecule has 0 aliphatic heterocycles. The first-order chi connectivity index (χ1) is 9.26. The molecule has 0 aromatic rings. The molecule has 0 heterocycles. The molecule has 0 radical (unpaired) electrons. The Morgan fingerprint density at radius 3 is 1.95 bits per heavy atom. The maximum absolute atomic E-state index is 10.5. The summed E-state index contributed by atoms with van der Waals surface area (Å²) in [6.45, 7) is 2.05. The van der Waals surface area contributed by atoms with Gasteiger partial charge in [0.15, 0.2) is 5.96 Å². The first kappa shape index (κ1) is 20.4. The van der Waals surface area contributed by atoms with Crippen molar-refractivity contribution >= 4 is 17.9 Å². The number of carboxylic acid groups (broad SMARTS) is 2. The van der Waals surface area contributed by atoms with Crippen molar-refractivity contribution in [3.05, 3.63) is 0 Å². The highest BCUT2D eigenvalue weighted by molar-refractivity contribution is 5.75. The van der Waals surface area contributed by atoms with Gasteiger partial charge in [-0.15, -0.1) is 0 Å². The molecule has 118 valence electrons. The molecule has 0 rings (SSSR count). The van der Waals surface area contributed by atoms with Crippen LogP contribution < -0.4 is 22.1 Å². The van der Waals surface area contributed by atoms with Crippen molar-refractivity contribution in [2.24, 2.45) is 16.5 Å². The molecule has 0 unspecified atom stereocenters. The second-order valence-electron chi connectivity index (χ2n) is 3.98. The normalized spacial score (nSPS) is 12.6. The predicted molar refractivity (Wildman–Crippen MR) is 76.6 cm³/mol. The molecular formula is C11H25N5O4. The fourth-order valence-electron chi connectivity index (χ4n) is 1.02. The lowest BCUT2D eigenvalue weighted by Gasteiger charge is -2.09. The molecule has 0 aromatic heterocycles. The van der Waals surface area contributed by atoms with Crippen molar-refractivity contribution in [2.45, 2.75) is 31.8 Å². The molecule has 0 aromatic carbocycles. The molecule has 9 nitrogen and oxygen atoms in total. The van der Waals surface area contributed by atoms with E-state index in [9.17, 15) is 9.59 Å². The maximum Gasteiger partial charge on any atom is 0.320 e. The van der Waals surface area contributed by atoms with Gasteiger partial charge >= 0.3 is 11.9 Å². The Hall–Kier alpha value is -1.87. The van der Waals surface area contributed by atoms with Crippen molar-refractivity contribution in [3.63, 3.8) is 0 Å². The average Bonchev–Trinajstić information content (AvgIpc) is 2.37. The van der Waals surface area contributed by atoms with E-state index in [1.807, 2.05) is 0 Å². The Kier molecular flexibility index (Phi) is 12.5. The van der Waals surface area contributed by atoms with Gasteiger partial charge in [-0.2, -0.15) is 0 Å². The number of carboxylic acids is 2. The van der Waals surface area contributed by atoms with Gasteiger partial charge in [0.1, 0.15) is 12.1 Å². The Balaban J connectivity index is 0. The fourth-order valence-corrected chi connectivity index (χ4v) is 1.02. The lowest BCUT2D eigenvalue weighted by atomic mass is 10.1. The maximum atomic E-state index is 10.5. The summed E-state index contributed by atoms with van der Waals surface area (Å²) in [5.41, 5.74) is 10.2. The number of aliphatic carboxylic acids is 2. The molecule has 8 N–H and O–H groups in total. The lowest BCUT2D eigenvalue weighted by Crippen LogP contribution is -2.33. The van der Waals surface area contributed by atoms with Gasteiger partial charge in [-0.1, -0.05) is 0 Å². The van der Waals surface area contributed by atoms with Gasteiger partial charge < -0.3 is 32.3 Å². The summed E-state index contributed by atoms with van der Waals surface area (Å²) in [7, 11) is 3.22. The minimum atomic E-state index is -0.854. The second-order valence-corrected chi connectivity index (χ2v) is 3.98. The summed E-state index contributed by atoms with van der Waals surface area (Å²) in [4.78, 5) is 24.1. The van der Waals surface area contributed by atoms with Crippen molar-refractivity contribution in [1.82, 2.24) is 10.6 Å². The lowest BCUT2D eigenvalue weighted by molar-refractivity contribution is -0.140. The fraction of sp³-hybridized carbons (Fsp3) is 0.727. The van der Waals surface area contributed by atoms with E-state index in [4.69, 9.17) is 21.7 Å². The van der Waals surface area contributed by atoms with Crippen LogP contribution in [0.4, 0.5) is 0 Å². The van der Waals surface area contributed by atoms with E-state index in [0.29, 0.717) is 19.4 Å². The number of rotatable bonds is 8. The van der Waals surface area contributed by atoms with E-state index < -0.39 is 24.0 Å². The second kappa shape index (κ2) is 12.2. The number of nitrogens with two attached hydrogens (primary N) is 2. The number of nitrogens with zero attached hydrogens (tertiary/aromatic N) is 1. The molecule has 0 spiro atoms. The molecule has 0 fully saturated rings. The molecule has 0 aliphatic rings. The zero-order chi connectivity index (χ0) is 16.1. The van der Waals surface area contributed by atoms with E-state index in [2.05, 4.69) is 15.6 Å². The van der Waals surface area contributed by atoms with Crippen LogP contribution in [-0.2, 0) is 9.59 Å². The van der Waals surface area contributed by atoms with Crippen LogP contribution in [-0.4, -0.2) is 60.8 Å². The van der Waals surface area contributed by atoms with E-state index in [0.717, 1.165) is 0 Å². The van der Waals surface area contributed by atoms with Gasteiger partial charge in [0.2, 0.25) is 0 Å². The largest absolute Gasteiger partial charge is 0.480 e. The third kappa shape index (κ3) is 12.6. The third-order valence-electron chi connectivity index (χ3n) is 2.40. The number of hydrogen-bond acceptors (Lipinski definition) is 5. The van der Waals surface area contributed by atoms with Crippen LogP contribution in [0.1, 0.15) is 19.8 Å². The summed E-state index contributed by atoms with van der Waals surface area (Å²) in [5, 5.41) is 22.0. The Morgan fingerprint density at radius 2 is 1.70 bits per heavy atom. The standard InChI is InChI=1S/C7H16N4O2.C4H9NO2/c1-10-5(6(12)13)3-2-4-11-7(8)9;1-3(5-2)4(6)7/h5,10H,2-4H2,1H3,(H,12,13)(H4,8,9,11);3,5H,1-2H3,(H,6,7)/t5-;3-/m00/s1. The van der Waals surface area contributed by atoms with Gasteiger partial charge in [0.05, 0.1) is 0 Å². The van der Waals surface area contributed by atoms with Crippen LogP contribution >= 0.6 is 0 Å². The molecule has 0 saturated heterocycles. The minimum absolute atomic E-state index is 0.0383. The number of carbonyl (C=O) groups is 2. The van der Waals surface area contributed by atoms with E-state index in [1.54, 1.807) is 21.0 Å². The van der Waals surface area contributed by atoms with Gasteiger partial charge in [-0.05, 0) is 33.9 Å². The quantitative estimate of drug-likeness (QED) is 0.177. The Morgan fingerprint density at radius 1 is 1.15 bits per heavy atom. The number of hydrogen-bond donors (Lipinski definition) is 6. The Bertz CT molecular complexity index is 318. The van der Waals surface area contributed by atoms with E-state index >= 15 is 0 Å². The van der Waals surface area contributed by atoms with Crippen LogP contribution in [0.15, 0.2) is 4.99 Å².